The molecule has 1 aromatic heterocycles. The highest BCUT2D eigenvalue weighted by Crippen LogP contribution is 2.21. The van der Waals surface area contributed by atoms with Gasteiger partial charge >= 0.3 is 0 Å². The van der Waals surface area contributed by atoms with E-state index in [4.69, 9.17) is 16.7 Å². The summed E-state index contributed by atoms with van der Waals surface area (Å²) in [7, 11) is 0. The van der Waals surface area contributed by atoms with Crippen LogP contribution in [0.1, 0.15) is 21.6 Å². The monoisotopic (exact) mass is 300 g/mol. The first-order chi connectivity index (χ1) is 10.1. The topological polar surface area (TPSA) is 62.2 Å². The van der Waals surface area contributed by atoms with E-state index in [9.17, 15) is 4.79 Å². The number of halogens is 1. The fourth-order valence-corrected chi connectivity index (χ4v) is 1.95. The molecule has 1 amide bonds. The summed E-state index contributed by atoms with van der Waals surface area (Å²) in [6.45, 7) is 1.51. The van der Waals surface area contributed by atoms with Crippen molar-refractivity contribution in [1.29, 1.82) is 0 Å². The fraction of sp³-hybridized carbons (Fsp3) is 0.125. The second-order valence-corrected chi connectivity index (χ2v) is 4.68. The number of aryl methyl sites for hydroxylation is 1. The zero-order valence-electron chi connectivity index (χ0n) is 11.4. The number of aliphatic hydroxyl groups excluding tert-OH is 1. The summed E-state index contributed by atoms with van der Waals surface area (Å²) in [5, 5.41) is 12.0. The van der Waals surface area contributed by atoms with Crippen molar-refractivity contribution in [3.05, 3.63) is 58.4 Å². The normalized spacial score (nSPS) is 9.67. The summed E-state index contributed by atoms with van der Waals surface area (Å²) in [4.78, 5) is 16.4. The second kappa shape index (κ2) is 6.89. The molecule has 0 saturated heterocycles. The van der Waals surface area contributed by atoms with E-state index in [1.807, 2.05) is 0 Å². The van der Waals surface area contributed by atoms with Crippen molar-refractivity contribution in [3.63, 3.8) is 0 Å². The molecule has 5 heteroatoms. The zero-order chi connectivity index (χ0) is 15.2. The first kappa shape index (κ1) is 15.0. The SMILES string of the molecule is Cc1ncccc1C(=O)Nc1cc(Cl)ccc1C#CCO. The van der Waals surface area contributed by atoms with Crippen molar-refractivity contribution in [2.24, 2.45) is 0 Å². The average molecular weight is 301 g/mol. The molecule has 1 heterocycles. The predicted molar refractivity (Wildman–Crippen MR) is 82.3 cm³/mol. The second-order valence-electron chi connectivity index (χ2n) is 4.24. The van der Waals surface area contributed by atoms with Crippen molar-refractivity contribution in [2.75, 3.05) is 11.9 Å². The molecular formula is C16H13ClN2O2. The molecule has 0 saturated carbocycles. The van der Waals surface area contributed by atoms with Crippen molar-refractivity contribution in [2.45, 2.75) is 6.92 Å². The number of nitrogens with one attached hydrogen (secondary N) is 1. The van der Waals surface area contributed by atoms with Gasteiger partial charge in [-0.15, -0.1) is 0 Å². The van der Waals surface area contributed by atoms with Crippen LogP contribution in [-0.4, -0.2) is 22.6 Å². The van der Waals surface area contributed by atoms with Crippen LogP contribution in [0.5, 0.6) is 0 Å². The first-order valence-electron chi connectivity index (χ1n) is 6.24. The van der Waals surface area contributed by atoms with E-state index in [1.54, 1.807) is 43.5 Å². The molecule has 106 valence electrons. The maximum atomic E-state index is 12.3. The van der Waals surface area contributed by atoms with Crippen LogP contribution < -0.4 is 5.32 Å². The zero-order valence-corrected chi connectivity index (χ0v) is 12.1. The molecular weight excluding hydrogens is 288 g/mol. The first-order valence-corrected chi connectivity index (χ1v) is 6.62. The van der Waals surface area contributed by atoms with Gasteiger partial charge in [-0.25, -0.2) is 0 Å². The lowest BCUT2D eigenvalue weighted by Crippen LogP contribution is -2.14. The molecule has 1 aromatic carbocycles. The summed E-state index contributed by atoms with van der Waals surface area (Å²) in [6, 6.07) is 8.38. The number of hydrogen-bond donors (Lipinski definition) is 2. The van der Waals surface area contributed by atoms with E-state index in [0.717, 1.165) is 0 Å². The summed E-state index contributed by atoms with van der Waals surface area (Å²) < 4.78 is 0. The van der Waals surface area contributed by atoms with Gasteiger partial charge in [-0.1, -0.05) is 23.4 Å². The van der Waals surface area contributed by atoms with E-state index in [2.05, 4.69) is 22.1 Å². The molecule has 0 spiro atoms. The standard InChI is InChI=1S/C16H13ClN2O2/c1-11-14(5-2-8-18-11)16(21)19-15-10-13(17)7-6-12(15)4-3-9-20/h2,5-8,10,20H,9H2,1H3,(H,19,21). The summed E-state index contributed by atoms with van der Waals surface area (Å²) in [5.41, 5.74) is 2.21. The van der Waals surface area contributed by atoms with Gasteiger partial charge in [0.1, 0.15) is 6.61 Å². The van der Waals surface area contributed by atoms with Crippen LogP contribution in [0.25, 0.3) is 0 Å². The smallest absolute Gasteiger partial charge is 0.257 e. The Morgan fingerprint density at radius 2 is 2.24 bits per heavy atom. The number of aromatic nitrogens is 1. The molecule has 0 aliphatic heterocycles. The van der Waals surface area contributed by atoms with Crippen molar-refractivity contribution >= 4 is 23.2 Å². The third-order valence-electron chi connectivity index (χ3n) is 2.78. The van der Waals surface area contributed by atoms with Crippen molar-refractivity contribution in [1.82, 2.24) is 4.98 Å². The molecule has 21 heavy (non-hydrogen) atoms. The minimum Gasteiger partial charge on any atom is -0.384 e. The molecule has 0 aliphatic carbocycles. The molecule has 0 aliphatic rings. The van der Waals surface area contributed by atoms with Crippen LogP contribution in [0.3, 0.4) is 0 Å². The van der Waals surface area contributed by atoms with E-state index in [0.29, 0.717) is 27.5 Å². The van der Waals surface area contributed by atoms with Crippen LogP contribution in [0, 0.1) is 18.8 Å². The number of pyridine rings is 1. The lowest BCUT2D eigenvalue weighted by Gasteiger charge is -2.09. The maximum Gasteiger partial charge on any atom is 0.257 e. The van der Waals surface area contributed by atoms with Gasteiger partial charge in [-0.3, -0.25) is 9.78 Å². The third-order valence-corrected chi connectivity index (χ3v) is 3.02. The van der Waals surface area contributed by atoms with Gasteiger partial charge in [0.2, 0.25) is 0 Å². The molecule has 4 nitrogen and oxygen atoms in total. The van der Waals surface area contributed by atoms with Crippen LogP contribution in [0.2, 0.25) is 5.02 Å². The van der Waals surface area contributed by atoms with E-state index in [1.165, 1.54) is 0 Å². The molecule has 0 atom stereocenters. The number of nitrogens with zero attached hydrogens (tertiary/aromatic N) is 1. The molecule has 2 aromatic rings. The van der Waals surface area contributed by atoms with E-state index < -0.39 is 0 Å². The third kappa shape index (κ3) is 3.82. The molecule has 2 N–H and O–H groups in total. The summed E-state index contributed by atoms with van der Waals surface area (Å²) in [5.74, 6) is 5.04. The fourth-order valence-electron chi connectivity index (χ4n) is 1.78. The minimum atomic E-state index is -0.282. The van der Waals surface area contributed by atoms with Gasteiger partial charge < -0.3 is 10.4 Å². The number of amides is 1. The van der Waals surface area contributed by atoms with Gasteiger partial charge in [0.05, 0.1) is 11.3 Å². The lowest BCUT2D eigenvalue weighted by molar-refractivity contribution is 0.102. The Balaban J connectivity index is 2.33. The van der Waals surface area contributed by atoms with Gasteiger partial charge in [-0.05, 0) is 37.3 Å². The van der Waals surface area contributed by atoms with Crippen molar-refractivity contribution in [3.8, 4) is 11.8 Å². The number of carbonyl (C=O) groups excluding carboxylic acids is 1. The average Bonchev–Trinajstić information content (AvgIpc) is 2.47. The summed E-state index contributed by atoms with van der Waals surface area (Å²) in [6.07, 6.45) is 1.63. The Bertz CT molecular complexity index is 733. The van der Waals surface area contributed by atoms with Gasteiger partial charge in [0.15, 0.2) is 0 Å². The highest BCUT2D eigenvalue weighted by atomic mass is 35.5. The van der Waals surface area contributed by atoms with Crippen LogP contribution >= 0.6 is 11.6 Å². The molecule has 0 bridgehead atoms. The van der Waals surface area contributed by atoms with Crippen LogP contribution in [0.4, 0.5) is 5.69 Å². The Kier molecular flexibility index (Phi) is 4.94. The highest BCUT2D eigenvalue weighted by Gasteiger charge is 2.11. The number of rotatable bonds is 2. The van der Waals surface area contributed by atoms with Gasteiger partial charge in [0.25, 0.3) is 5.91 Å². The number of anilines is 1. The number of aliphatic hydroxyl groups is 1. The van der Waals surface area contributed by atoms with Gasteiger partial charge in [-0.2, -0.15) is 0 Å². The van der Waals surface area contributed by atoms with E-state index in [-0.39, 0.29) is 12.5 Å². The highest BCUT2D eigenvalue weighted by molar-refractivity contribution is 6.31. The Morgan fingerprint density at radius 3 is 2.95 bits per heavy atom. The van der Waals surface area contributed by atoms with Crippen molar-refractivity contribution < 1.29 is 9.90 Å². The lowest BCUT2D eigenvalue weighted by atomic mass is 10.1. The van der Waals surface area contributed by atoms with Gasteiger partial charge in [0, 0.05) is 22.5 Å². The van der Waals surface area contributed by atoms with Crippen LogP contribution in [-0.2, 0) is 0 Å². The molecule has 0 unspecified atom stereocenters. The maximum absolute atomic E-state index is 12.3. The van der Waals surface area contributed by atoms with Crippen LogP contribution in [0.15, 0.2) is 36.5 Å². The summed E-state index contributed by atoms with van der Waals surface area (Å²) >= 11 is 5.95. The Morgan fingerprint density at radius 1 is 1.43 bits per heavy atom. The number of carbonyl (C=O) groups is 1. The molecule has 2 rings (SSSR count). The number of benzene rings is 1. The minimum absolute atomic E-state index is 0.252. The Hall–Kier alpha value is -2.35. The quantitative estimate of drug-likeness (QED) is 0.838. The van der Waals surface area contributed by atoms with E-state index >= 15 is 0 Å². The Labute approximate surface area is 127 Å². The molecule has 0 radical (unpaired) electrons. The predicted octanol–water partition coefficient (Wildman–Crippen LogP) is 2.64. The largest absolute Gasteiger partial charge is 0.384 e. The number of hydrogen-bond acceptors (Lipinski definition) is 3. The molecule has 0 fully saturated rings.